The van der Waals surface area contributed by atoms with Crippen molar-refractivity contribution < 1.29 is 4.74 Å². The smallest absolute Gasteiger partial charge is 0.118 e. The van der Waals surface area contributed by atoms with Gasteiger partial charge in [0.1, 0.15) is 5.60 Å². The molecular weight excluding hydrogens is 180 g/mol. The van der Waals surface area contributed by atoms with E-state index in [0.29, 0.717) is 6.61 Å². The zero-order chi connectivity index (χ0) is 9.73. The Morgan fingerprint density at radius 2 is 2.00 bits per heavy atom. The van der Waals surface area contributed by atoms with Gasteiger partial charge in [-0.15, -0.1) is 0 Å². The van der Waals surface area contributed by atoms with Gasteiger partial charge in [0.05, 0.1) is 0 Å². The van der Waals surface area contributed by atoms with Crippen molar-refractivity contribution in [2.45, 2.75) is 19.4 Å². The van der Waals surface area contributed by atoms with Crippen LogP contribution in [0.4, 0.5) is 0 Å². The highest BCUT2D eigenvalue weighted by Crippen LogP contribution is 2.22. The lowest BCUT2D eigenvalue weighted by Gasteiger charge is -2.25. The minimum Gasteiger partial charge on any atom is -0.366 e. The maximum Gasteiger partial charge on any atom is 0.118 e. The first-order chi connectivity index (χ1) is 6.23. The first kappa shape index (κ1) is 10.4. The predicted molar refractivity (Wildman–Crippen MR) is 59.1 cm³/mol. The van der Waals surface area contributed by atoms with E-state index in [-0.39, 0.29) is 0 Å². The molecule has 0 saturated carbocycles. The van der Waals surface area contributed by atoms with Gasteiger partial charge in [-0.2, -0.15) is 0 Å². The number of ether oxygens (including phenoxy) is 1. The lowest BCUT2D eigenvalue weighted by atomic mass is 9.98. The highest BCUT2D eigenvalue weighted by atomic mass is 32.1. The molecule has 13 heavy (non-hydrogen) atoms. The van der Waals surface area contributed by atoms with Crippen molar-refractivity contribution in [2.75, 3.05) is 6.61 Å². The van der Waals surface area contributed by atoms with Gasteiger partial charge in [0.2, 0.25) is 0 Å². The average molecular weight is 194 g/mol. The van der Waals surface area contributed by atoms with Crippen molar-refractivity contribution in [2.24, 2.45) is 0 Å². The Balaban J connectivity index is 2.95. The average Bonchev–Trinajstić information content (AvgIpc) is 2.19. The SMILES string of the molecule is CCOC(C)(C=S)c1ccccc1. The molecule has 0 fully saturated rings. The Labute approximate surface area is 84.7 Å². The molecule has 1 rings (SSSR count). The second-order valence-electron chi connectivity index (χ2n) is 3.02. The summed E-state index contributed by atoms with van der Waals surface area (Å²) in [6, 6.07) is 10.0. The number of thiocarbonyl (C=S) groups is 1. The second-order valence-corrected chi connectivity index (χ2v) is 3.26. The fraction of sp³-hybridized carbons (Fsp3) is 0.364. The normalized spacial score (nSPS) is 14.9. The zero-order valence-electron chi connectivity index (χ0n) is 7.99. The van der Waals surface area contributed by atoms with Crippen molar-refractivity contribution >= 4 is 17.6 Å². The summed E-state index contributed by atoms with van der Waals surface area (Å²) in [5.41, 5.74) is 0.678. The van der Waals surface area contributed by atoms with E-state index in [4.69, 9.17) is 17.0 Å². The van der Waals surface area contributed by atoms with Crippen LogP contribution in [-0.2, 0) is 10.3 Å². The molecule has 1 aromatic carbocycles. The second kappa shape index (κ2) is 4.49. The number of hydrogen-bond donors (Lipinski definition) is 0. The molecule has 0 radical (unpaired) electrons. The molecule has 1 unspecified atom stereocenters. The molecule has 1 aromatic rings. The third-order valence-corrected chi connectivity index (χ3v) is 2.47. The molecule has 0 aromatic heterocycles. The van der Waals surface area contributed by atoms with E-state index >= 15 is 0 Å². The van der Waals surface area contributed by atoms with Gasteiger partial charge in [-0.25, -0.2) is 0 Å². The van der Waals surface area contributed by atoms with Crippen molar-refractivity contribution in [3.8, 4) is 0 Å². The lowest BCUT2D eigenvalue weighted by Crippen LogP contribution is -2.26. The van der Waals surface area contributed by atoms with E-state index in [9.17, 15) is 0 Å². The maximum atomic E-state index is 5.60. The van der Waals surface area contributed by atoms with Crippen LogP contribution in [0.5, 0.6) is 0 Å². The summed E-state index contributed by atoms with van der Waals surface area (Å²) < 4.78 is 5.60. The zero-order valence-corrected chi connectivity index (χ0v) is 8.80. The minimum atomic E-state index is -0.425. The van der Waals surface area contributed by atoms with Crippen LogP contribution >= 0.6 is 12.2 Å². The third kappa shape index (κ3) is 2.36. The van der Waals surface area contributed by atoms with Crippen molar-refractivity contribution in [3.05, 3.63) is 35.9 Å². The number of benzene rings is 1. The molecule has 0 bridgehead atoms. The van der Waals surface area contributed by atoms with Gasteiger partial charge in [-0.3, -0.25) is 0 Å². The van der Waals surface area contributed by atoms with Crippen molar-refractivity contribution in [3.63, 3.8) is 0 Å². The van der Waals surface area contributed by atoms with Crippen molar-refractivity contribution in [1.29, 1.82) is 0 Å². The Kier molecular flexibility index (Phi) is 3.58. The summed E-state index contributed by atoms with van der Waals surface area (Å²) >= 11 is 4.98. The van der Waals surface area contributed by atoms with E-state index in [1.807, 2.05) is 44.2 Å². The first-order valence-corrected chi connectivity index (χ1v) is 4.86. The molecule has 0 aliphatic carbocycles. The van der Waals surface area contributed by atoms with Crippen LogP contribution in [0.1, 0.15) is 19.4 Å². The van der Waals surface area contributed by atoms with Gasteiger partial charge in [-0.1, -0.05) is 42.5 Å². The monoisotopic (exact) mass is 194 g/mol. The van der Waals surface area contributed by atoms with Crippen LogP contribution in [0.15, 0.2) is 30.3 Å². The lowest BCUT2D eigenvalue weighted by molar-refractivity contribution is 0.0324. The van der Waals surface area contributed by atoms with Crippen LogP contribution in [0.2, 0.25) is 0 Å². The van der Waals surface area contributed by atoms with Crippen LogP contribution < -0.4 is 0 Å². The molecule has 1 atom stereocenters. The fourth-order valence-electron chi connectivity index (χ4n) is 1.25. The van der Waals surface area contributed by atoms with E-state index in [1.54, 1.807) is 5.37 Å². The Morgan fingerprint density at radius 3 is 2.46 bits per heavy atom. The molecule has 0 aliphatic heterocycles. The van der Waals surface area contributed by atoms with Crippen LogP contribution in [0, 0.1) is 0 Å². The van der Waals surface area contributed by atoms with E-state index in [1.165, 1.54) is 0 Å². The molecular formula is C11H14OS. The highest BCUT2D eigenvalue weighted by molar-refractivity contribution is 7.79. The van der Waals surface area contributed by atoms with Gasteiger partial charge in [-0.05, 0) is 19.4 Å². The summed E-state index contributed by atoms with van der Waals surface area (Å²) in [7, 11) is 0. The van der Waals surface area contributed by atoms with E-state index in [2.05, 4.69) is 0 Å². The number of rotatable bonds is 4. The topological polar surface area (TPSA) is 9.23 Å². The predicted octanol–water partition coefficient (Wildman–Crippen LogP) is 2.94. The van der Waals surface area contributed by atoms with Gasteiger partial charge in [0.15, 0.2) is 0 Å². The Morgan fingerprint density at radius 1 is 1.38 bits per heavy atom. The van der Waals surface area contributed by atoms with Gasteiger partial charge in [0, 0.05) is 12.0 Å². The number of hydrogen-bond acceptors (Lipinski definition) is 2. The summed E-state index contributed by atoms with van der Waals surface area (Å²) in [6.45, 7) is 4.62. The molecule has 0 spiro atoms. The van der Waals surface area contributed by atoms with Gasteiger partial charge < -0.3 is 4.74 Å². The quantitative estimate of drug-likeness (QED) is 0.681. The molecule has 70 valence electrons. The van der Waals surface area contributed by atoms with Crippen LogP contribution in [0.3, 0.4) is 0 Å². The van der Waals surface area contributed by atoms with E-state index in [0.717, 1.165) is 5.56 Å². The largest absolute Gasteiger partial charge is 0.366 e. The summed E-state index contributed by atoms with van der Waals surface area (Å²) in [5.74, 6) is 0. The van der Waals surface area contributed by atoms with Crippen LogP contribution in [-0.4, -0.2) is 12.0 Å². The molecule has 0 heterocycles. The molecule has 0 aliphatic rings. The van der Waals surface area contributed by atoms with Crippen LogP contribution in [0.25, 0.3) is 0 Å². The Hall–Kier alpha value is -0.730. The maximum absolute atomic E-state index is 5.60. The Bertz CT molecular complexity index is 271. The highest BCUT2D eigenvalue weighted by Gasteiger charge is 2.23. The standard InChI is InChI=1S/C11H14OS/c1-3-12-11(2,9-13)10-7-5-4-6-8-10/h4-9H,3H2,1-2H3. The summed E-state index contributed by atoms with van der Waals surface area (Å²) in [6.07, 6.45) is 0. The fourth-order valence-corrected chi connectivity index (χ4v) is 1.46. The molecule has 1 nitrogen and oxygen atoms in total. The summed E-state index contributed by atoms with van der Waals surface area (Å²) in [4.78, 5) is 0. The first-order valence-electron chi connectivity index (χ1n) is 4.38. The molecule has 0 saturated heterocycles. The van der Waals surface area contributed by atoms with Gasteiger partial charge >= 0.3 is 0 Å². The van der Waals surface area contributed by atoms with E-state index < -0.39 is 5.60 Å². The molecule has 0 N–H and O–H groups in total. The molecule has 0 amide bonds. The van der Waals surface area contributed by atoms with Crippen molar-refractivity contribution in [1.82, 2.24) is 0 Å². The molecule has 2 heteroatoms. The minimum absolute atomic E-state index is 0.425. The third-order valence-electron chi connectivity index (χ3n) is 2.02. The summed E-state index contributed by atoms with van der Waals surface area (Å²) in [5, 5.41) is 1.67. The van der Waals surface area contributed by atoms with Gasteiger partial charge in [0.25, 0.3) is 0 Å².